The van der Waals surface area contributed by atoms with Gasteiger partial charge in [-0.15, -0.1) is 0 Å². The molecule has 5 rings (SSSR count). The van der Waals surface area contributed by atoms with Crippen molar-refractivity contribution < 1.29 is 23.7 Å². The number of rotatable bonds is 8. The molecule has 0 atom stereocenters. The first-order chi connectivity index (χ1) is 18.1. The van der Waals surface area contributed by atoms with Gasteiger partial charge in [-0.05, 0) is 55.3 Å². The summed E-state index contributed by atoms with van der Waals surface area (Å²) in [6, 6.07) is 16.8. The lowest BCUT2D eigenvalue weighted by Gasteiger charge is -2.24. The number of imidazole rings is 1. The Morgan fingerprint density at radius 2 is 1.65 bits per heavy atom. The van der Waals surface area contributed by atoms with Crippen LogP contribution in [0.5, 0.6) is 23.0 Å². The number of fused-ring (bicyclic) bond motifs is 1. The maximum Gasteiger partial charge on any atom is 0.343 e. The molecule has 2 heterocycles. The average molecular weight is 502 g/mol. The van der Waals surface area contributed by atoms with Crippen molar-refractivity contribution in [3.05, 3.63) is 66.4 Å². The molecule has 1 aliphatic rings. The summed E-state index contributed by atoms with van der Waals surface area (Å²) in [4.78, 5) is 17.9. The summed E-state index contributed by atoms with van der Waals surface area (Å²) in [5.41, 5.74) is 2.85. The molecule has 2 aromatic carbocycles. The number of pyridine rings is 1. The van der Waals surface area contributed by atoms with Crippen LogP contribution in [-0.2, 0) is 0 Å². The van der Waals surface area contributed by atoms with Gasteiger partial charge in [0.15, 0.2) is 11.5 Å². The normalized spacial score (nSPS) is 13.8. The quantitative estimate of drug-likeness (QED) is 0.234. The summed E-state index contributed by atoms with van der Waals surface area (Å²) in [7, 11) is 4.61. The van der Waals surface area contributed by atoms with Crippen molar-refractivity contribution in [2.24, 2.45) is 0 Å². The molecule has 0 aliphatic heterocycles. The molecule has 0 bridgehead atoms. The fourth-order valence-electron chi connectivity index (χ4n) is 4.76. The van der Waals surface area contributed by atoms with Crippen LogP contribution >= 0.6 is 0 Å². The molecule has 0 saturated heterocycles. The number of aromatic nitrogens is 2. The van der Waals surface area contributed by atoms with Crippen molar-refractivity contribution in [1.82, 2.24) is 9.38 Å². The number of ether oxygens (including phenoxy) is 4. The highest BCUT2D eigenvalue weighted by Gasteiger charge is 2.21. The number of hydrogen-bond donors (Lipinski definition) is 1. The standard InChI is InChI=1S/C29H31N3O5/c1-34-22-15-20(16-23(18-22)35-2)29(33)37-24-13-12-19(17-25(24)36-3)27-28(30-21-9-5-4-6-10-21)32-14-8-7-11-26(32)31-27/h7-8,11-18,21,30H,4-6,9-10H2,1-3H3. The Kier molecular flexibility index (Phi) is 7.16. The van der Waals surface area contributed by atoms with E-state index >= 15 is 0 Å². The molecule has 37 heavy (non-hydrogen) atoms. The first kappa shape index (κ1) is 24.5. The van der Waals surface area contributed by atoms with Crippen LogP contribution in [0.4, 0.5) is 5.82 Å². The van der Waals surface area contributed by atoms with Gasteiger partial charge in [0, 0.05) is 23.9 Å². The molecule has 4 aromatic rings. The molecular weight excluding hydrogens is 470 g/mol. The lowest BCUT2D eigenvalue weighted by atomic mass is 9.95. The fourth-order valence-corrected chi connectivity index (χ4v) is 4.76. The van der Waals surface area contributed by atoms with E-state index in [0.29, 0.717) is 34.6 Å². The number of carbonyl (C=O) groups is 1. The molecule has 2 aromatic heterocycles. The summed E-state index contributed by atoms with van der Waals surface area (Å²) in [5, 5.41) is 3.75. The summed E-state index contributed by atoms with van der Waals surface area (Å²) in [5.74, 6) is 2.15. The summed E-state index contributed by atoms with van der Waals surface area (Å²) >= 11 is 0. The van der Waals surface area contributed by atoms with Gasteiger partial charge in [0.25, 0.3) is 0 Å². The Labute approximate surface area is 216 Å². The van der Waals surface area contributed by atoms with Gasteiger partial charge in [-0.25, -0.2) is 9.78 Å². The summed E-state index contributed by atoms with van der Waals surface area (Å²) < 4.78 is 23.9. The van der Waals surface area contributed by atoms with Crippen LogP contribution in [0.25, 0.3) is 16.9 Å². The van der Waals surface area contributed by atoms with Crippen molar-refractivity contribution in [1.29, 1.82) is 0 Å². The first-order valence-electron chi connectivity index (χ1n) is 12.5. The molecule has 1 fully saturated rings. The number of anilines is 1. The van der Waals surface area contributed by atoms with E-state index in [9.17, 15) is 4.79 Å². The van der Waals surface area contributed by atoms with E-state index in [1.807, 2.05) is 36.5 Å². The zero-order valence-electron chi connectivity index (χ0n) is 21.3. The highest BCUT2D eigenvalue weighted by atomic mass is 16.6. The number of hydrogen-bond acceptors (Lipinski definition) is 7. The molecule has 192 valence electrons. The molecule has 1 aliphatic carbocycles. The van der Waals surface area contributed by atoms with Crippen LogP contribution in [-0.4, -0.2) is 42.7 Å². The Morgan fingerprint density at radius 1 is 0.892 bits per heavy atom. The second kappa shape index (κ2) is 10.8. The third-order valence-electron chi connectivity index (χ3n) is 6.70. The van der Waals surface area contributed by atoms with E-state index in [-0.39, 0.29) is 0 Å². The minimum Gasteiger partial charge on any atom is -0.497 e. The van der Waals surface area contributed by atoms with Gasteiger partial charge < -0.3 is 24.3 Å². The minimum absolute atomic E-state index is 0.307. The largest absolute Gasteiger partial charge is 0.497 e. The monoisotopic (exact) mass is 501 g/mol. The van der Waals surface area contributed by atoms with Crippen LogP contribution in [0.2, 0.25) is 0 Å². The Morgan fingerprint density at radius 3 is 2.35 bits per heavy atom. The maximum atomic E-state index is 13.0. The SMILES string of the molecule is COc1cc(OC)cc(C(=O)Oc2ccc(-c3nc4ccccn4c3NC3CCCCC3)cc2OC)c1. The average Bonchev–Trinajstić information content (AvgIpc) is 3.31. The molecule has 8 heteroatoms. The molecule has 0 amide bonds. The van der Waals surface area contributed by atoms with Crippen molar-refractivity contribution in [3.63, 3.8) is 0 Å². The fraction of sp³-hybridized carbons (Fsp3) is 0.310. The Hall–Kier alpha value is -4.20. The topological polar surface area (TPSA) is 83.3 Å². The Bertz CT molecular complexity index is 1390. The van der Waals surface area contributed by atoms with E-state index in [2.05, 4.69) is 9.72 Å². The van der Waals surface area contributed by atoms with Crippen LogP contribution in [0.3, 0.4) is 0 Å². The van der Waals surface area contributed by atoms with Crippen molar-refractivity contribution >= 4 is 17.4 Å². The van der Waals surface area contributed by atoms with Gasteiger partial charge in [-0.2, -0.15) is 0 Å². The van der Waals surface area contributed by atoms with Crippen LogP contribution in [0, 0.1) is 0 Å². The lowest BCUT2D eigenvalue weighted by Crippen LogP contribution is -2.23. The third-order valence-corrected chi connectivity index (χ3v) is 6.70. The number of esters is 1. The van der Waals surface area contributed by atoms with Crippen LogP contribution in [0.1, 0.15) is 42.5 Å². The number of methoxy groups -OCH3 is 3. The van der Waals surface area contributed by atoms with E-state index in [1.54, 1.807) is 31.4 Å². The smallest absolute Gasteiger partial charge is 0.343 e. The first-order valence-corrected chi connectivity index (χ1v) is 12.5. The van der Waals surface area contributed by atoms with Gasteiger partial charge >= 0.3 is 5.97 Å². The predicted molar refractivity (Wildman–Crippen MR) is 142 cm³/mol. The van der Waals surface area contributed by atoms with E-state index in [1.165, 1.54) is 33.5 Å². The minimum atomic E-state index is -0.546. The zero-order chi connectivity index (χ0) is 25.8. The van der Waals surface area contributed by atoms with Gasteiger partial charge in [0.05, 0.1) is 26.9 Å². The molecule has 0 unspecified atom stereocenters. The van der Waals surface area contributed by atoms with Crippen molar-refractivity contribution in [3.8, 4) is 34.3 Å². The highest BCUT2D eigenvalue weighted by Crippen LogP contribution is 2.37. The molecule has 8 nitrogen and oxygen atoms in total. The van der Waals surface area contributed by atoms with Crippen LogP contribution in [0.15, 0.2) is 60.8 Å². The molecular formula is C29H31N3O5. The van der Waals surface area contributed by atoms with Crippen LogP contribution < -0.4 is 24.3 Å². The maximum absolute atomic E-state index is 13.0. The lowest BCUT2D eigenvalue weighted by molar-refractivity contribution is 0.0729. The summed E-state index contributed by atoms with van der Waals surface area (Å²) in [6.07, 6.45) is 8.07. The number of nitrogens with zero attached hydrogens (tertiary/aromatic N) is 2. The Balaban J connectivity index is 1.46. The zero-order valence-corrected chi connectivity index (χ0v) is 21.3. The van der Waals surface area contributed by atoms with E-state index in [4.69, 9.17) is 23.9 Å². The second-order valence-electron chi connectivity index (χ2n) is 9.07. The second-order valence-corrected chi connectivity index (χ2v) is 9.07. The van der Waals surface area contributed by atoms with E-state index in [0.717, 1.165) is 35.6 Å². The molecule has 1 saturated carbocycles. The van der Waals surface area contributed by atoms with Crippen molar-refractivity contribution in [2.75, 3.05) is 26.6 Å². The number of nitrogens with one attached hydrogen (secondary N) is 1. The van der Waals surface area contributed by atoms with Crippen molar-refractivity contribution in [2.45, 2.75) is 38.1 Å². The van der Waals surface area contributed by atoms with E-state index < -0.39 is 5.97 Å². The predicted octanol–water partition coefficient (Wildman–Crippen LogP) is 5.99. The molecule has 1 N–H and O–H groups in total. The summed E-state index contributed by atoms with van der Waals surface area (Å²) in [6.45, 7) is 0. The highest BCUT2D eigenvalue weighted by molar-refractivity contribution is 5.92. The van der Waals surface area contributed by atoms with Gasteiger partial charge in [0.2, 0.25) is 0 Å². The number of carbonyl (C=O) groups excluding carboxylic acids is 1. The van der Waals surface area contributed by atoms with Gasteiger partial charge in [-0.1, -0.05) is 25.3 Å². The number of benzene rings is 2. The molecule has 0 spiro atoms. The van der Waals surface area contributed by atoms with Gasteiger partial charge in [0.1, 0.15) is 28.7 Å². The van der Waals surface area contributed by atoms with Gasteiger partial charge in [-0.3, -0.25) is 4.40 Å². The molecule has 0 radical (unpaired) electrons. The third kappa shape index (κ3) is 5.18.